The maximum atomic E-state index is 11.1. The second kappa shape index (κ2) is 8.69. The summed E-state index contributed by atoms with van der Waals surface area (Å²) in [5, 5.41) is 1.19. The molecular formula is C14H19Cl3N2O2. The van der Waals surface area contributed by atoms with Crippen molar-refractivity contribution in [2.24, 2.45) is 0 Å². The average molecular weight is 354 g/mol. The van der Waals surface area contributed by atoms with Gasteiger partial charge in [0.05, 0.1) is 29.3 Å². The number of rotatable bonds is 4. The molecule has 0 saturated carbocycles. The van der Waals surface area contributed by atoms with Gasteiger partial charge in [0.15, 0.2) is 0 Å². The van der Waals surface area contributed by atoms with Gasteiger partial charge in [-0.3, -0.25) is 9.69 Å². The van der Waals surface area contributed by atoms with Gasteiger partial charge in [0.2, 0.25) is 0 Å². The molecule has 0 spiro atoms. The van der Waals surface area contributed by atoms with Gasteiger partial charge in [-0.1, -0.05) is 29.3 Å². The number of hydrogen-bond donors (Lipinski definition) is 0. The highest BCUT2D eigenvalue weighted by atomic mass is 35.5. The quantitative estimate of drug-likeness (QED) is 0.779. The van der Waals surface area contributed by atoms with Crippen molar-refractivity contribution >= 4 is 47.3 Å². The Morgan fingerprint density at radius 3 is 2.52 bits per heavy atom. The number of nitrogens with zero attached hydrogens (tertiary/aromatic N) is 2. The third kappa shape index (κ3) is 4.92. The van der Waals surface area contributed by atoms with Crippen molar-refractivity contribution in [3.63, 3.8) is 0 Å². The fourth-order valence-corrected chi connectivity index (χ4v) is 2.72. The summed E-state index contributed by atoms with van der Waals surface area (Å²) >= 11 is 12.3. The number of carbonyl (C=O) groups is 1. The minimum absolute atomic E-state index is 0. The molecule has 4 nitrogen and oxygen atoms in total. The molecule has 21 heavy (non-hydrogen) atoms. The molecule has 118 valence electrons. The Bertz CT molecular complexity index is 477. The Morgan fingerprint density at radius 1 is 1.24 bits per heavy atom. The lowest BCUT2D eigenvalue weighted by Crippen LogP contribution is -2.47. The molecule has 1 aliphatic heterocycles. The molecule has 0 unspecified atom stereocenters. The number of ether oxygens (including phenoxy) is 1. The predicted molar refractivity (Wildman–Crippen MR) is 89.0 cm³/mol. The zero-order chi connectivity index (χ0) is 14.5. The third-order valence-electron chi connectivity index (χ3n) is 3.50. The Hall–Kier alpha value is -0.680. The van der Waals surface area contributed by atoms with E-state index in [4.69, 9.17) is 23.2 Å². The molecule has 1 aliphatic rings. The highest BCUT2D eigenvalue weighted by Crippen LogP contribution is 2.32. The first-order valence-corrected chi connectivity index (χ1v) is 7.35. The van der Waals surface area contributed by atoms with Gasteiger partial charge in [-0.15, -0.1) is 12.4 Å². The van der Waals surface area contributed by atoms with Crippen LogP contribution in [0.2, 0.25) is 10.0 Å². The Balaban J connectivity index is 0.00000220. The molecule has 0 aliphatic carbocycles. The maximum absolute atomic E-state index is 11.1. The number of carbonyl (C=O) groups excluding carboxylic acids is 1. The van der Waals surface area contributed by atoms with Crippen molar-refractivity contribution in [3.8, 4) is 0 Å². The molecule has 1 aromatic rings. The van der Waals surface area contributed by atoms with Gasteiger partial charge in [0, 0.05) is 32.7 Å². The zero-order valence-electron chi connectivity index (χ0n) is 11.8. The molecule has 2 rings (SSSR count). The van der Waals surface area contributed by atoms with Crippen molar-refractivity contribution in [1.29, 1.82) is 0 Å². The summed E-state index contributed by atoms with van der Waals surface area (Å²) in [6.07, 6.45) is 0.439. The largest absolute Gasteiger partial charge is 0.469 e. The molecule has 7 heteroatoms. The number of hydrogen-bond acceptors (Lipinski definition) is 4. The van der Waals surface area contributed by atoms with E-state index in [9.17, 15) is 4.79 Å². The van der Waals surface area contributed by atoms with Crippen molar-refractivity contribution in [2.45, 2.75) is 6.42 Å². The van der Waals surface area contributed by atoms with Crippen LogP contribution in [0.3, 0.4) is 0 Å². The van der Waals surface area contributed by atoms with Crippen LogP contribution in [0, 0.1) is 0 Å². The number of esters is 1. The van der Waals surface area contributed by atoms with Crippen molar-refractivity contribution in [3.05, 3.63) is 28.2 Å². The molecule has 1 heterocycles. The van der Waals surface area contributed by atoms with Gasteiger partial charge in [-0.25, -0.2) is 0 Å². The number of piperazine rings is 1. The second-order valence-corrected chi connectivity index (χ2v) is 5.51. The molecule has 0 radical (unpaired) electrons. The maximum Gasteiger partial charge on any atom is 0.306 e. The van der Waals surface area contributed by atoms with E-state index < -0.39 is 0 Å². The lowest BCUT2D eigenvalue weighted by molar-refractivity contribution is -0.141. The Kier molecular flexibility index (Phi) is 7.60. The van der Waals surface area contributed by atoms with Gasteiger partial charge in [0.25, 0.3) is 0 Å². The Labute approximate surface area is 141 Å². The van der Waals surface area contributed by atoms with Gasteiger partial charge in [-0.2, -0.15) is 0 Å². The smallest absolute Gasteiger partial charge is 0.306 e. The van der Waals surface area contributed by atoms with Gasteiger partial charge in [0.1, 0.15) is 0 Å². The van der Waals surface area contributed by atoms with Crippen LogP contribution in [0.25, 0.3) is 0 Å². The highest BCUT2D eigenvalue weighted by molar-refractivity contribution is 6.43. The average Bonchev–Trinajstić information content (AvgIpc) is 2.48. The van der Waals surface area contributed by atoms with E-state index >= 15 is 0 Å². The second-order valence-electron chi connectivity index (χ2n) is 4.73. The van der Waals surface area contributed by atoms with Crippen LogP contribution in [0.1, 0.15) is 6.42 Å². The van der Waals surface area contributed by atoms with E-state index in [-0.39, 0.29) is 18.4 Å². The summed E-state index contributed by atoms with van der Waals surface area (Å²) in [5.41, 5.74) is 0.979. The van der Waals surface area contributed by atoms with Crippen LogP contribution < -0.4 is 4.90 Å². The summed E-state index contributed by atoms with van der Waals surface area (Å²) in [5.74, 6) is -0.162. The first kappa shape index (κ1) is 18.4. The molecule has 1 saturated heterocycles. The van der Waals surface area contributed by atoms with Crippen LogP contribution in [0.5, 0.6) is 0 Å². The van der Waals surface area contributed by atoms with E-state index in [1.807, 2.05) is 12.1 Å². The molecule has 0 amide bonds. The number of halogens is 3. The topological polar surface area (TPSA) is 32.8 Å². The first-order chi connectivity index (χ1) is 9.61. The summed E-state index contributed by atoms with van der Waals surface area (Å²) in [6, 6.07) is 5.69. The molecule has 0 atom stereocenters. The molecule has 0 aromatic heterocycles. The monoisotopic (exact) mass is 352 g/mol. The molecule has 0 N–H and O–H groups in total. The standard InChI is InChI=1S/C14H18Cl2N2O2.ClH/c1-20-13(19)5-6-17-7-9-18(10-8-17)12-4-2-3-11(15)14(12)16;/h2-4H,5-10H2,1H3;1H. The minimum Gasteiger partial charge on any atom is -0.469 e. The first-order valence-electron chi connectivity index (χ1n) is 6.60. The SMILES string of the molecule is COC(=O)CCN1CCN(c2cccc(Cl)c2Cl)CC1.Cl. The van der Waals surface area contributed by atoms with Gasteiger partial charge in [-0.05, 0) is 12.1 Å². The molecule has 1 aromatic carbocycles. The number of benzene rings is 1. The van der Waals surface area contributed by atoms with E-state index in [0.29, 0.717) is 16.5 Å². The van der Waals surface area contributed by atoms with Crippen LogP contribution in [-0.4, -0.2) is 50.7 Å². The molecular weight excluding hydrogens is 335 g/mol. The van der Waals surface area contributed by atoms with Crippen molar-refractivity contribution < 1.29 is 9.53 Å². The normalized spacial score (nSPS) is 15.5. The summed E-state index contributed by atoms with van der Waals surface area (Å²) < 4.78 is 4.65. The molecule has 1 fully saturated rings. The minimum atomic E-state index is -0.162. The van der Waals surface area contributed by atoms with Crippen molar-refractivity contribution in [2.75, 3.05) is 44.7 Å². The van der Waals surface area contributed by atoms with E-state index in [1.54, 1.807) is 6.07 Å². The summed E-state index contributed by atoms with van der Waals surface area (Å²) in [6.45, 7) is 4.30. The number of anilines is 1. The summed E-state index contributed by atoms with van der Waals surface area (Å²) in [7, 11) is 1.42. The van der Waals surface area contributed by atoms with E-state index in [1.165, 1.54) is 7.11 Å². The van der Waals surface area contributed by atoms with Crippen LogP contribution >= 0.6 is 35.6 Å². The Morgan fingerprint density at radius 2 is 1.90 bits per heavy atom. The van der Waals surface area contributed by atoms with Gasteiger partial charge < -0.3 is 9.64 Å². The van der Waals surface area contributed by atoms with Crippen LogP contribution in [0.4, 0.5) is 5.69 Å². The van der Waals surface area contributed by atoms with Crippen LogP contribution in [-0.2, 0) is 9.53 Å². The third-order valence-corrected chi connectivity index (χ3v) is 4.31. The zero-order valence-corrected chi connectivity index (χ0v) is 14.2. The molecule has 0 bridgehead atoms. The lowest BCUT2D eigenvalue weighted by atomic mass is 10.2. The predicted octanol–water partition coefficient (Wildman–Crippen LogP) is 3.10. The van der Waals surface area contributed by atoms with Crippen molar-refractivity contribution in [1.82, 2.24) is 4.90 Å². The highest BCUT2D eigenvalue weighted by Gasteiger charge is 2.20. The van der Waals surface area contributed by atoms with Crippen LogP contribution in [0.15, 0.2) is 18.2 Å². The fourth-order valence-electron chi connectivity index (χ4n) is 2.30. The lowest BCUT2D eigenvalue weighted by Gasteiger charge is -2.36. The van der Waals surface area contributed by atoms with E-state index in [0.717, 1.165) is 38.4 Å². The van der Waals surface area contributed by atoms with E-state index in [2.05, 4.69) is 14.5 Å². The number of methoxy groups -OCH3 is 1. The summed E-state index contributed by atoms with van der Waals surface area (Å²) in [4.78, 5) is 15.6. The fraction of sp³-hybridized carbons (Fsp3) is 0.500. The van der Waals surface area contributed by atoms with Gasteiger partial charge >= 0.3 is 5.97 Å².